The van der Waals surface area contributed by atoms with Crippen molar-refractivity contribution >= 4 is 39.5 Å². The molecule has 5 nitrogen and oxygen atoms in total. The number of ether oxygens (including phenoxy) is 1. The van der Waals surface area contributed by atoms with Crippen LogP contribution in [0.3, 0.4) is 0 Å². The molecule has 30 heavy (non-hydrogen) atoms. The summed E-state index contributed by atoms with van der Waals surface area (Å²) in [5.41, 5.74) is 1.24. The molecule has 0 unspecified atom stereocenters. The molecule has 0 fully saturated rings. The summed E-state index contributed by atoms with van der Waals surface area (Å²) in [5, 5.41) is 5.53. The standard InChI is InChI=1S/C22H21NO4S3/c1-2-27-22(24)17-13-19(28-15-16-9-5-3-6-10-16)21(20(14-17)30(23,25)26)29-18-11-7-4-8-12-18/h3-14H,2,15H2,1H3,(H2,23,25,26). The van der Waals surface area contributed by atoms with Crippen LogP contribution in [0.25, 0.3) is 0 Å². The number of thioether (sulfide) groups is 1. The van der Waals surface area contributed by atoms with Crippen LogP contribution < -0.4 is 5.14 Å². The molecule has 156 valence electrons. The molecule has 0 amide bonds. The average Bonchev–Trinajstić information content (AvgIpc) is 2.73. The van der Waals surface area contributed by atoms with Crippen molar-refractivity contribution in [3.63, 3.8) is 0 Å². The molecule has 0 atom stereocenters. The number of rotatable bonds is 8. The Balaban J connectivity index is 2.10. The molecule has 3 rings (SSSR count). The Hall–Kier alpha value is -2.26. The number of hydrogen-bond acceptors (Lipinski definition) is 6. The first-order chi connectivity index (χ1) is 14.4. The van der Waals surface area contributed by atoms with Gasteiger partial charge in [0.05, 0.1) is 17.1 Å². The summed E-state index contributed by atoms with van der Waals surface area (Å²) in [7, 11) is -4.07. The molecule has 8 heteroatoms. The molecular formula is C22H21NO4S3. The van der Waals surface area contributed by atoms with Gasteiger partial charge in [0.2, 0.25) is 10.0 Å². The van der Waals surface area contributed by atoms with Gasteiger partial charge >= 0.3 is 5.97 Å². The van der Waals surface area contributed by atoms with E-state index in [0.29, 0.717) is 15.5 Å². The highest BCUT2D eigenvalue weighted by atomic mass is 32.2. The van der Waals surface area contributed by atoms with Crippen LogP contribution in [0.15, 0.2) is 92.4 Å². The van der Waals surface area contributed by atoms with Crippen LogP contribution in [0.4, 0.5) is 0 Å². The fourth-order valence-electron chi connectivity index (χ4n) is 2.67. The second-order valence-corrected chi connectivity index (χ2v) is 9.89. The van der Waals surface area contributed by atoms with E-state index in [2.05, 4.69) is 0 Å². The fourth-order valence-corrected chi connectivity index (χ4v) is 5.98. The van der Waals surface area contributed by atoms with Gasteiger partial charge in [-0.1, -0.05) is 60.3 Å². The first-order valence-corrected chi connectivity index (χ1v) is 12.5. The van der Waals surface area contributed by atoms with Gasteiger partial charge in [0.1, 0.15) is 0 Å². The lowest BCUT2D eigenvalue weighted by atomic mass is 10.2. The predicted molar refractivity (Wildman–Crippen MR) is 120 cm³/mol. The molecule has 2 N–H and O–H groups in total. The van der Waals surface area contributed by atoms with E-state index in [-0.39, 0.29) is 17.1 Å². The average molecular weight is 460 g/mol. The third-order valence-electron chi connectivity index (χ3n) is 4.04. The van der Waals surface area contributed by atoms with Gasteiger partial charge in [-0.25, -0.2) is 18.4 Å². The van der Waals surface area contributed by atoms with Gasteiger partial charge in [0.15, 0.2) is 0 Å². The predicted octanol–water partition coefficient (Wildman–Crippen LogP) is 4.95. The van der Waals surface area contributed by atoms with Crippen LogP contribution in [0.2, 0.25) is 0 Å². The molecule has 0 aliphatic rings. The summed E-state index contributed by atoms with van der Waals surface area (Å²) in [6, 6.07) is 22.2. The first kappa shape index (κ1) is 22.4. The highest BCUT2D eigenvalue weighted by Crippen LogP contribution is 2.41. The number of nitrogens with two attached hydrogens (primary N) is 1. The van der Waals surface area contributed by atoms with E-state index in [0.717, 1.165) is 10.5 Å². The summed E-state index contributed by atoms with van der Waals surface area (Å²) in [5.74, 6) is 0.0275. The van der Waals surface area contributed by atoms with Crippen LogP contribution in [0.5, 0.6) is 0 Å². The van der Waals surface area contributed by atoms with Gasteiger partial charge in [0, 0.05) is 20.4 Å². The zero-order valence-corrected chi connectivity index (χ0v) is 18.7. The third-order valence-corrected chi connectivity index (χ3v) is 7.49. The lowest BCUT2D eigenvalue weighted by Gasteiger charge is -2.15. The normalized spacial score (nSPS) is 11.3. The van der Waals surface area contributed by atoms with Crippen LogP contribution >= 0.6 is 23.5 Å². The minimum absolute atomic E-state index is 0.0857. The van der Waals surface area contributed by atoms with E-state index in [1.807, 2.05) is 60.7 Å². The molecule has 3 aromatic rings. The number of sulfonamides is 1. The molecule has 0 spiro atoms. The van der Waals surface area contributed by atoms with Gasteiger partial charge in [-0.15, -0.1) is 11.8 Å². The molecule has 0 aliphatic carbocycles. The number of primary sulfonamides is 1. The Kier molecular flexibility index (Phi) is 7.60. The number of benzene rings is 3. The summed E-state index contributed by atoms with van der Waals surface area (Å²) in [4.78, 5) is 14.3. The van der Waals surface area contributed by atoms with E-state index < -0.39 is 16.0 Å². The number of carbonyl (C=O) groups is 1. The largest absolute Gasteiger partial charge is 0.462 e. The molecular weight excluding hydrogens is 438 g/mol. The van der Waals surface area contributed by atoms with E-state index in [9.17, 15) is 13.2 Å². The van der Waals surface area contributed by atoms with E-state index in [1.165, 1.54) is 29.6 Å². The SMILES string of the molecule is CCOC(=O)c1cc(SCc2ccccc2)c(Sc2ccccc2)c(S(N)(=O)=O)c1. The van der Waals surface area contributed by atoms with E-state index in [4.69, 9.17) is 9.88 Å². The summed E-state index contributed by atoms with van der Waals surface area (Å²) in [6.07, 6.45) is 0. The summed E-state index contributed by atoms with van der Waals surface area (Å²) >= 11 is 2.76. The fraction of sp³-hybridized carbons (Fsp3) is 0.136. The topological polar surface area (TPSA) is 86.5 Å². The lowest BCUT2D eigenvalue weighted by molar-refractivity contribution is 0.0525. The number of carbonyl (C=O) groups excluding carboxylic acids is 1. The van der Waals surface area contributed by atoms with Crippen molar-refractivity contribution in [2.45, 2.75) is 32.3 Å². The molecule has 0 heterocycles. The molecule has 0 aliphatic heterocycles. The highest BCUT2D eigenvalue weighted by molar-refractivity contribution is 8.02. The maximum absolute atomic E-state index is 12.4. The van der Waals surface area contributed by atoms with Crippen LogP contribution in [0, 0.1) is 0 Å². The van der Waals surface area contributed by atoms with Crippen molar-refractivity contribution in [1.82, 2.24) is 0 Å². The van der Waals surface area contributed by atoms with Crippen molar-refractivity contribution in [2.75, 3.05) is 6.61 Å². The van der Waals surface area contributed by atoms with Gasteiger partial charge in [-0.2, -0.15) is 0 Å². The van der Waals surface area contributed by atoms with Gasteiger partial charge < -0.3 is 4.74 Å². The molecule has 0 radical (unpaired) electrons. The maximum Gasteiger partial charge on any atom is 0.338 e. The lowest BCUT2D eigenvalue weighted by Crippen LogP contribution is -2.15. The molecule has 0 aromatic heterocycles. The van der Waals surface area contributed by atoms with Crippen molar-refractivity contribution in [1.29, 1.82) is 0 Å². The van der Waals surface area contributed by atoms with Crippen LogP contribution in [-0.2, 0) is 20.5 Å². The minimum Gasteiger partial charge on any atom is -0.462 e. The van der Waals surface area contributed by atoms with Crippen molar-refractivity contribution < 1.29 is 17.9 Å². The van der Waals surface area contributed by atoms with Gasteiger partial charge in [-0.3, -0.25) is 0 Å². The Bertz CT molecular complexity index is 1120. The number of esters is 1. The molecule has 3 aromatic carbocycles. The number of hydrogen-bond donors (Lipinski definition) is 1. The second-order valence-electron chi connectivity index (χ2n) is 6.26. The minimum atomic E-state index is -4.07. The van der Waals surface area contributed by atoms with Crippen molar-refractivity contribution in [3.05, 3.63) is 83.9 Å². The molecule has 0 saturated heterocycles. The quantitative estimate of drug-likeness (QED) is 0.379. The van der Waals surface area contributed by atoms with Gasteiger partial charge in [-0.05, 0) is 36.8 Å². The first-order valence-electron chi connectivity index (χ1n) is 9.16. The van der Waals surface area contributed by atoms with Crippen LogP contribution in [-0.4, -0.2) is 21.0 Å². The second kappa shape index (κ2) is 10.2. The molecule has 0 bridgehead atoms. The maximum atomic E-state index is 12.4. The molecule has 0 saturated carbocycles. The van der Waals surface area contributed by atoms with Crippen molar-refractivity contribution in [2.24, 2.45) is 5.14 Å². The van der Waals surface area contributed by atoms with E-state index >= 15 is 0 Å². The Morgan fingerprint density at radius 2 is 1.63 bits per heavy atom. The Morgan fingerprint density at radius 3 is 2.23 bits per heavy atom. The Labute approximate surface area is 185 Å². The zero-order valence-electron chi connectivity index (χ0n) is 16.3. The van der Waals surface area contributed by atoms with Gasteiger partial charge in [0.25, 0.3) is 0 Å². The van der Waals surface area contributed by atoms with Crippen LogP contribution in [0.1, 0.15) is 22.8 Å². The Morgan fingerprint density at radius 1 is 1.00 bits per heavy atom. The van der Waals surface area contributed by atoms with Crippen molar-refractivity contribution in [3.8, 4) is 0 Å². The third kappa shape index (κ3) is 5.89. The summed E-state index contributed by atoms with van der Waals surface area (Å²) < 4.78 is 29.9. The van der Waals surface area contributed by atoms with E-state index in [1.54, 1.807) is 13.0 Å². The monoisotopic (exact) mass is 459 g/mol. The smallest absolute Gasteiger partial charge is 0.338 e. The zero-order chi connectivity index (χ0) is 21.6. The highest BCUT2D eigenvalue weighted by Gasteiger charge is 2.23. The summed E-state index contributed by atoms with van der Waals surface area (Å²) in [6.45, 7) is 1.89.